The first-order valence-electron chi connectivity index (χ1n) is 6.02. The van der Waals surface area contributed by atoms with Gasteiger partial charge in [0.15, 0.2) is 0 Å². The maximum Gasteiger partial charge on any atom is 0.129 e. The summed E-state index contributed by atoms with van der Waals surface area (Å²) in [6.07, 6.45) is 3.29. The van der Waals surface area contributed by atoms with Crippen LogP contribution < -0.4 is 5.73 Å². The number of hydrogen-bond acceptors (Lipinski definition) is 4. The zero-order valence-corrected chi connectivity index (χ0v) is 11.5. The number of nitrogens with two attached hydrogens (primary N) is 1. The zero-order valence-electron chi connectivity index (χ0n) is 10.8. The second-order valence-corrected chi connectivity index (χ2v) is 4.81. The molecule has 0 radical (unpaired) electrons. The van der Waals surface area contributed by atoms with E-state index in [0.717, 1.165) is 22.4 Å². The number of anilines is 1. The average molecular weight is 286 g/mol. The Morgan fingerprint density at radius 2 is 2.00 bits per heavy atom. The standard InChI is InChI=1S/C14H12ClN5/c1-20-14(16)12(9-3-2-4-11(15)7-9)13(19-20)10-5-6-17-18-8-10/h2-8H,16H2,1H3. The Kier molecular flexibility index (Phi) is 3.12. The Bertz CT molecular complexity index is 752. The molecule has 2 aromatic heterocycles. The smallest absolute Gasteiger partial charge is 0.129 e. The van der Waals surface area contributed by atoms with Crippen LogP contribution in [0.4, 0.5) is 5.82 Å². The third-order valence-electron chi connectivity index (χ3n) is 3.06. The van der Waals surface area contributed by atoms with Crippen LogP contribution in [0.2, 0.25) is 5.02 Å². The summed E-state index contributed by atoms with van der Waals surface area (Å²) in [6.45, 7) is 0. The van der Waals surface area contributed by atoms with Crippen molar-refractivity contribution in [3.05, 3.63) is 47.7 Å². The molecule has 0 aliphatic heterocycles. The predicted octanol–water partition coefficient (Wildman–Crippen LogP) is 2.78. The Morgan fingerprint density at radius 1 is 1.15 bits per heavy atom. The van der Waals surface area contributed by atoms with E-state index in [9.17, 15) is 0 Å². The zero-order chi connectivity index (χ0) is 14.1. The SMILES string of the molecule is Cn1nc(-c2ccnnc2)c(-c2cccc(Cl)c2)c1N. The van der Waals surface area contributed by atoms with Crippen LogP contribution in [-0.4, -0.2) is 20.0 Å². The predicted molar refractivity (Wildman–Crippen MR) is 79.1 cm³/mol. The Morgan fingerprint density at radius 3 is 2.70 bits per heavy atom. The van der Waals surface area contributed by atoms with Gasteiger partial charge in [-0.15, -0.1) is 0 Å². The molecule has 20 heavy (non-hydrogen) atoms. The molecule has 5 nitrogen and oxygen atoms in total. The summed E-state index contributed by atoms with van der Waals surface area (Å²) >= 11 is 6.06. The molecule has 0 atom stereocenters. The number of nitrogens with zero attached hydrogens (tertiary/aromatic N) is 4. The van der Waals surface area contributed by atoms with E-state index in [1.807, 2.05) is 37.4 Å². The largest absolute Gasteiger partial charge is 0.383 e. The first-order chi connectivity index (χ1) is 9.66. The van der Waals surface area contributed by atoms with E-state index in [2.05, 4.69) is 15.3 Å². The highest BCUT2D eigenvalue weighted by atomic mass is 35.5. The van der Waals surface area contributed by atoms with E-state index in [-0.39, 0.29) is 0 Å². The summed E-state index contributed by atoms with van der Waals surface area (Å²) in [7, 11) is 1.81. The van der Waals surface area contributed by atoms with Crippen molar-refractivity contribution in [2.24, 2.45) is 7.05 Å². The summed E-state index contributed by atoms with van der Waals surface area (Å²) in [5, 5.41) is 12.8. The van der Waals surface area contributed by atoms with Crippen molar-refractivity contribution in [3.63, 3.8) is 0 Å². The van der Waals surface area contributed by atoms with Crippen molar-refractivity contribution < 1.29 is 0 Å². The third-order valence-corrected chi connectivity index (χ3v) is 3.30. The number of hydrogen-bond donors (Lipinski definition) is 1. The van der Waals surface area contributed by atoms with Gasteiger partial charge < -0.3 is 5.73 Å². The molecular formula is C14H12ClN5. The van der Waals surface area contributed by atoms with Crippen molar-refractivity contribution in [2.45, 2.75) is 0 Å². The van der Waals surface area contributed by atoms with Gasteiger partial charge in [0.1, 0.15) is 11.5 Å². The Hall–Kier alpha value is -2.40. The van der Waals surface area contributed by atoms with E-state index >= 15 is 0 Å². The number of nitrogen functional groups attached to an aromatic ring is 1. The number of halogens is 1. The first-order valence-corrected chi connectivity index (χ1v) is 6.40. The van der Waals surface area contributed by atoms with Crippen LogP contribution in [0.25, 0.3) is 22.4 Å². The van der Waals surface area contributed by atoms with Crippen LogP contribution >= 0.6 is 11.6 Å². The molecule has 0 unspecified atom stereocenters. The van der Waals surface area contributed by atoms with Gasteiger partial charge in [0, 0.05) is 17.6 Å². The molecule has 0 saturated heterocycles. The lowest BCUT2D eigenvalue weighted by Crippen LogP contribution is -1.97. The fourth-order valence-corrected chi connectivity index (χ4v) is 2.29. The van der Waals surface area contributed by atoms with Crippen LogP contribution in [0, 0.1) is 0 Å². The van der Waals surface area contributed by atoms with E-state index in [1.54, 1.807) is 17.1 Å². The van der Waals surface area contributed by atoms with Gasteiger partial charge in [-0.05, 0) is 23.8 Å². The molecule has 0 fully saturated rings. The maximum absolute atomic E-state index is 6.14. The summed E-state index contributed by atoms with van der Waals surface area (Å²) in [6, 6.07) is 9.39. The maximum atomic E-state index is 6.14. The molecule has 0 saturated carbocycles. The molecule has 3 aromatic rings. The highest BCUT2D eigenvalue weighted by molar-refractivity contribution is 6.30. The van der Waals surface area contributed by atoms with Gasteiger partial charge >= 0.3 is 0 Å². The molecule has 6 heteroatoms. The monoisotopic (exact) mass is 285 g/mol. The van der Waals surface area contributed by atoms with Crippen LogP contribution in [0.1, 0.15) is 0 Å². The molecular weight excluding hydrogens is 274 g/mol. The van der Waals surface area contributed by atoms with Gasteiger partial charge in [-0.3, -0.25) is 4.68 Å². The van der Waals surface area contributed by atoms with Gasteiger partial charge in [-0.2, -0.15) is 15.3 Å². The van der Waals surface area contributed by atoms with Crippen LogP contribution in [0.5, 0.6) is 0 Å². The molecule has 0 bridgehead atoms. The summed E-state index contributed by atoms with van der Waals surface area (Å²) in [5.41, 5.74) is 9.55. The molecule has 0 aliphatic rings. The molecule has 0 amide bonds. The molecule has 0 aliphatic carbocycles. The van der Waals surface area contributed by atoms with E-state index in [1.165, 1.54) is 0 Å². The molecule has 3 rings (SSSR count). The van der Waals surface area contributed by atoms with Gasteiger partial charge in [0.05, 0.1) is 18.0 Å². The second-order valence-electron chi connectivity index (χ2n) is 4.37. The van der Waals surface area contributed by atoms with Crippen molar-refractivity contribution in [1.29, 1.82) is 0 Å². The number of aromatic nitrogens is 4. The van der Waals surface area contributed by atoms with E-state index < -0.39 is 0 Å². The Labute approximate surface area is 121 Å². The topological polar surface area (TPSA) is 69.6 Å². The number of rotatable bonds is 2. The van der Waals surface area contributed by atoms with Crippen molar-refractivity contribution in [1.82, 2.24) is 20.0 Å². The highest BCUT2D eigenvalue weighted by Crippen LogP contribution is 2.36. The molecule has 0 spiro atoms. The van der Waals surface area contributed by atoms with E-state index in [0.29, 0.717) is 10.8 Å². The summed E-state index contributed by atoms with van der Waals surface area (Å²) < 4.78 is 1.64. The van der Waals surface area contributed by atoms with Crippen LogP contribution in [0.15, 0.2) is 42.7 Å². The fraction of sp³-hybridized carbons (Fsp3) is 0.0714. The molecule has 1 aromatic carbocycles. The lowest BCUT2D eigenvalue weighted by atomic mass is 10.0. The first kappa shape index (κ1) is 12.6. The van der Waals surface area contributed by atoms with E-state index in [4.69, 9.17) is 17.3 Å². The van der Waals surface area contributed by atoms with Crippen LogP contribution in [0.3, 0.4) is 0 Å². The quantitative estimate of drug-likeness (QED) is 0.786. The summed E-state index contributed by atoms with van der Waals surface area (Å²) in [4.78, 5) is 0. The van der Waals surface area contributed by atoms with Gasteiger partial charge in [0.2, 0.25) is 0 Å². The number of benzene rings is 1. The minimum absolute atomic E-state index is 0.582. The number of aryl methyl sites for hydroxylation is 1. The van der Waals surface area contributed by atoms with Crippen molar-refractivity contribution in [2.75, 3.05) is 5.73 Å². The average Bonchev–Trinajstić information content (AvgIpc) is 2.76. The third kappa shape index (κ3) is 2.12. The van der Waals surface area contributed by atoms with Gasteiger partial charge in [-0.25, -0.2) is 0 Å². The Balaban J connectivity index is 2.25. The normalized spacial score (nSPS) is 10.7. The lowest BCUT2D eigenvalue weighted by molar-refractivity contribution is 0.782. The minimum Gasteiger partial charge on any atom is -0.383 e. The van der Waals surface area contributed by atoms with Gasteiger partial charge in [-0.1, -0.05) is 23.7 Å². The highest BCUT2D eigenvalue weighted by Gasteiger charge is 2.17. The summed E-state index contributed by atoms with van der Waals surface area (Å²) in [5.74, 6) is 0.582. The fourth-order valence-electron chi connectivity index (χ4n) is 2.10. The lowest BCUT2D eigenvalue weighted by Gasteiger charge is -2.04. The second kappa shape index (κ2) is 4.94. The van der Waals surface area contributed by atoms with Crippen molar-refractivity contribution >= 4 is 17.4 Å². The van der Waals surface area contributed by atoms with Gasteiger partial charge in [0.25, 0.3) is 0 Å². The van der Waals surface area contributed by atoms with Crippen molar-refractivity contribution in [3.8, 4) is 22.4 Å². The molecule has 100 valence electrons. The molecule has 2 N–H and O–H groups in total. The molecule has 2 heterocycles. The minimum atomic E-state index is 0.582. The van der Waals surface area contributed by atoms with Crippen LogP contribution in [-0.2, 0) is 7.05 Å².